The van der Waals surface area contributed by atoms with Crippen molar-refractivity contribution < 1.29 is 9.47 Å². The predicted molar refractivity (Wildman–Crippen MR) is 87.6 cm³/mol. The van der Waals surface area contributed by atoms with Crippen molar-refractivity contribution in [2.24, 2.45) is 5.92 Å². The minimum Gasteiger partial charge on any atom is -0.385 e. The summed E-state index contributed by atoms with van der Waals surface area (Å²) in [4.78, 5) is 0. The summed E-state index contributed by atoms with van der Waals surface area (Å²) in [5.41, 5.74) is 1.37. The molecule has 1 N–H and O–H groups in total. The molecule has 1 atom stereocenters. The van der Waals surface area contributed by atoms with E-state index in [4.69, 9.17) is 9.47 Å². The van der Waals surface area contributed by atoms with Crippen LogP contribution in [0.3, 0.4) is 0 Å². The summed E-state index contributed by atoms with van der Waals surface area (Å²) in [6, 6.07) is 2.66. The van der Waals surface area contributed by atoms with Crippen molar-refractivity contribution in [2.75, 3.05) is 33.5 Å². The highest BCUT2D eigenvalue weighted by Crippen LogP contribution is 2.21. The smallest absolute Gasteiger partial charge is 0.0645 e. The van der Waals surface area contributed by atoms with Gasteiger partial charge in [-0.05, 0) is 36.9 Å². The molecular weight excluding hydrogens is 264 g/mol. The van der Waals surface area contributed by atoms with Crippen LogP contribution >= 0.6 is 0 Å². The molecule has 4 heteroatoms. The monoisotopic (exact) mass is 296 g/mol. The van der Waals surface area contributed by atoms with Crippen LogP contribution in [-0.2, 0) is 16.0 Å². The molecule has 0 fully saturated rings. The molecule has 122 valence electrons. The Kier molecular flexibility index (Phi) is 9.39. The molecule has 0 amide bonds. The van der Waals surface area contributed by atoms with Crippen LogP contribution in [0.4, 0.5) is 0 Å². The first-order chi connectivity index (χ1) is 10.2. The molecule has 0 saturated heterocycles. The standard InChI is InChI=1S/C17H32N2O2/c1-5-8-18-17(15(2)3)16-7-9-19(14-16)10-13-21-12-6-11-20-4/h7,9,14-15,17-18H,5-6,8,10-13H2,1-4H3. The maximum absolute atomic E-state index is 5.61. The van der Waals surface area contributed by atoms with Crippen LogP contribution in [0.1, 0.15) is 45.2 Å². The quantitative estimate of drug-likeness (QED) is 0.601. The zero-order valence-corrected chi connectivity index (χ0v) is 14.1. The van der Waals surface area contributed by atoms with E-state index in [1.807, 2.05) is 0 Å². The van der Waals surface area contributed by atoms with Gasteiger partial charge in [-0.25, -0.2) is 0 Å². The Balaban J connectivity index is 2.36. The van der Waals surface area contributed by atoms with Crippen LogP contribution in [0.25, 0.3) is 0 Å². The lowest BCUT2D eigenvalue weighted by molar-refractivity contribution is 0.0977. The Labute approximate surface area is 129 Å². The highest BCUT2D eigenvalue weighted by molar-refractivity contribution is 5.16. The number of methoxy groups -OCH3 is 1. The molecule has 1 unspecified atom stereocenters. The van der Waals surface area contributed by atoms with E-state index in [-0.39, 0.29) is 0 Å². The molecule has 0 aromatic carbocycles. The topological polar surface area (TPSA) is 35.4 Å². The Morgan fingerprint density at radius 1 is 1.24 bits per heavy atom. The van der Waals surface area contributed by atoms with Crippen LogP contribution in [0.5, 0.6) is 0 Å². The third-order valence-electron chi connectivity index (χ3n) is 3.54. The van der Waals surface area contributed by atoms with Gasteiger partial charge in [0.2, 0.25) is 0 Å². The van der Waals surface area contributed by atoms with Crippen LogP contribution < -0.4 is 5.32 Å². The number of aromatic nitrogens is 1. The van der Waals surface area contributed by atoms with Crippen LogP contribution in [0.15, 0.2) is 18.5 Å². The number of rotatable bonds is 12. The van der Waals surface area contributed by atoms with E-state index in [1.165, 1.54) is 12.0 Å². The molecular formula is C17H32N2O2. The number of ether oxygens (including phenoxy) is 2. The zero-order valence-electron chi connectivity index (χ0n) is 14.1. The van der Waals surface area contributed by atoms with Gasteiger partial charge in [-0.1, -0.05) is 20.8 Å². The summed E-state index contributed by atoms with van der Waals surface area (Å²) in [5, 5.41) is 3.63. The highest BCUT2D eigenvalue weighted by Gasteiger charge is 2.15. The van der Waals surface area contributed by atoms with Gasteiger partial charge in [-0.3, -0.25) is 0 Å². The molecule has 0 aliphatic heterocycles. The molecule has 1 aromatic heterocycles. The fraction of sp³-hybridized carbons (Fsp3) is 0.765. The van der Waals surface area contributed by atoms with Gasteiger partial charge in [-0.2, -0.15) is 0 Å². The van der Waals surface area contributed by atoms with E-state index in [2.05, 4.69) is 49.1 Å². The highest BCUT2D eigenvalue weighted by atomic mass is 16.5. The van der Waals surface area contributed by atoms with Crippen molar-refractivity contribution in [3.8, 4) is 0 Å². The minimum atomic E-state index is 0.439. The van der Waals surface area contributed by atoms with Gasteiger partial charge in [0.1, 0.15) is 0 Å². The van der Waals surface area contributed by atoms with E-state index < -0.39 is 0 Å². The molecule has 1 rings (SSSR count). The Morgan fingerprint density at radius 2 is 2.05 bits per heavy atom. The molecule has 0 aliphatic carbocycles. The number of hydrogen-bond acceptors (Lipinski definition) is 3. The third kappa shape index (κ3) is 7.11. The molecule has 21 heavy (non-hydrogen) atoms. The van der Waals surface area contributed by atoms with Crippen molar-refractivity contribution in [1.82, 2.24) is 9.88 Å². The van der Waals surface area contributed by atoms with E-state index in [1.54, 1.807) is 7.11 Å². The summed E-state index contributed by atoms with van der Waals surface area (Å²) >= 11 is 0. The van der Waals surface area contributed by atoms with Crippen molar-refractivity contribution in [2.45, 2.75) is 46.2 Å². The van der Waals surface area contributed by atoms with Gasteiger partial charge >= 0.3 is 0 Å². The van der Waals surface area contributed by atoms with E-state index in [0.717, 1.165) is 39.3 Å². The minimum absolute atomic E-state index is 0.439. The maximum atomic E-state index is 5.61. The lowest BCUT2D eigenvalue weighted by Crippen LogP contribution is -2.26. The first kappa shape index (κ1) is 18.2. The van der Waals surface area contributed by atoms with E-state index in [9.17, 15) is 0 Å². The predicted octanol–water partition coefficient (Wildman–Crippen LogP) is 3.24. The van der Waals surface area contributed by atoms with Gasteiger partial charge in [0, 0.05) is 45.3 Å². The van der Waals surface area contributed by atoms with Crippen molar-refractivity contribution in [3.05, 3.63) is 24.0 Å². The normalized spacial score (nSPS) is 13.0. The lowest BCUT2D eigenvalue weighted by atomic mass is 9.98. The summed E-state index contributed by atoms with van der Waals surface area (Å²) in [6.45, 7) is 11.0. The van der Waals surface area contributed by atoms with Gasteiger partial charge in [-0.15, -0.1) is 0 Å². The fourth-order valence-corrected chi connectivity index (χ4v) is 2.40. The Morgan fingerprint density at radius 3 is 2.71 bits per heavy atom. The van der Waals surface area contributed by atoms with Crippen molar-refractivity contribution in [1.29, 1.82) is 0 Å². The summed E-state index contributed by atoms with van der Waals surface area (Å²) in [7, 11) is 1.72. The van der Waals surface area contributed by atoms with Gasteiger partial charge in [0.25, 0.3) is 0 Å². The number of hydrogen-bond donors (Lipinski definition) is 1. The Bertz CT molecular complexity index is 363. The second kappa shape index (κ2) is 10.8. The average Bonchev–Trinajstić information content (AvgIpc) is 2.91. The molecule has 0 bridgehead atoms. The molecule has 0 saturated carbocycles. The third-order valence-corrected chi connectivity index (χ3v) is 3.54. The first-order valence-corrected chi connectivity index (χ1v) is 8.14. The second-order valence-electron chi connectivity index (χ2n) is 5.82. The first-order valence-electron chi connectivity index (χ1n) is 8.14. The number of nitrogens with zero attached hydrogens (tertiary/aromatic N) is 1. The molecule has 0 aliphatic rings. The summed E-state index contributed by atoms with van der Waals surface area (Å²) in [6.07, 6.45) is 6.52. The number of nitrogens with one attached hydrogen (secondary N) is 1. The summed E-state index contributed by atoms with van der Waals surface area (Å²) in [5.74, 6) is 0.595. The second-order valence-corrected chi connectivity index (χ2v) is 5.82. The average molecular weight is 296 g/mol. The molecule has 0 spiro atoms. The fourth-order valence-electron chi connectivity index (χ4n) is 2.40. The van der Waals surface area contributed by atoms with Crippen LogP contribution in [0.2, 0.25) is 0 Å². The van der Waals surface area contributed by atoms with Crippen molar-refractivity contribution in [3.63, 3.8) is 0 Å². The largest absolute Gasteiger partial charge is 0.385 e. The molecule has 1 aromatic rings. The molecule has 0 radical (unpaired) electrons. The maximum Gasteiger partial charge on any atom is 0.0645 e. The Hall–Kier alpha value is -0.840. The van der Waals surface area contributed by atoms with Gasteiger partial charge in [0.15, 0.2) is 0 Å². The SMILES string of the molecule is CCCNC(c1ccn(CCOCCCOC)c1)C(C)C. The van der Waals surface area contributed by atoms with Gasteiger partial charge in [0.05, 0.1) is 6.61 Å². The summed E-state index contributed by atoms with van der Waals surface area (Å²) < 4.78 is 12.8. The molecule has 1 heterocycles. The van der Waals surface area contributed by atoms with Crippen LogP contribution in [-0.4, -0.2) is 38.0 Å². The van der Waals surface area contributed by atoms with Crippen molar-refractivity contribution >= 4 is 0 Å². The molecule has 4 nitrogen and oxygen atoms in total. The van der Waals surface area contributed by atoms with Gasteiger partial charge < -0.3 is 19.4 Å². The lowest BCUT2D eigenvalue weighted by Gasteiger charge is -2.21. The zero-order chi connectivity index (χ0) is 15.5. The van der Waals surface area contributed by atoms with E-state index >= 15 is 0 Å². The van der Waals surface area contributed by atoms with E-state index in [0.29, 0.717) is 12.0 Å². The van der Waals surface area contributed by atoms with Crippen LogP contribution in [0, 0.1) is 5.92 Å².